The third-order valence-electron chi connectivity index (χ3n) is 5.12. The molecule has 0 radical (unpaired) electrons. The molecule has 0 fully saturated rings. The van der Waals surface area contributed by atoms with Crippen LogP contribution in [0, 0.1) is 0 Å². The van der Waals surface area contributed by atoms with Crippen LogP contribution < -0.4 is 16.4 Å². The molecule has 0 aliphatic heterocycles. The standard InChI is InChI=1S/C22H21F3N6O3.CH5N/c1-13(14-5-3-2-4-6-14)11-26-20-29-18(17-12-27-31(19(17)30-20)22(32,33)34)28-16-9-7-15(8-10-16)21(23,24)25;1-2/h2-10,12-13,32-34H,11H2,1H3,(H2,26,28,29,30);2H2,1H3. The quantitative estimate of drug-likeness (QED) is 0.208. The van der Waals surface area contributed by atoms with Crippen LogP contribution in [0.1, 0.15) is 24.0 Å². The van der Waals surface area contributed by atoms with Gasteiger partial charge in [-0.15, -0.1) is 0 Å². The fourth-order valence-corrected chi connectivity index (χ4v) is 3.33. The van der Waals surface area contributed by atoms with E-state index in [4.69, 9.17) is 0 Å². The van der Waals surface area contributed by atoms with E-state index in [9.17, 15) is 28.5 Å². The maximum absolute atomic E-state index is 12.9. The second-order valence-corrected chi connectivity index (χ2v) is 7.68. The Balaban J connectivity index is 0.00000176. The number of hydrogen-bond acceptors (Lipinski definition) is 9. The van der Waals surface area contributed by atoms with E-state index in [-0.39, 0.29) is 28.7 Å². The van der Waals surface area contributed by atoms with Gasteiger partial charge in [-0.25, -0.2) is 0 Å². The van der Waals surface area contributed by atoms with Crippen molar-refractivity contribution in [1.82, 2.24) is 19.7 Å². The van der Waals surface area contributed by atoms with Gasteiger partial charge in [-0.05, 0) is 42.8 Å². The first-order valence-electron chi connectivity index (χ1n) is 10.8. The summed E-state index contributed by atoms with van der Waals surface area (Å²) in [5.41, 5.74) is 4.95. The monoisotopic (exact) mass is 505 g/mol. The van der Waals surface area contributed by atoms with Gasteiger partial charge < -0.3 is 31.7 Å². The Morgan fingerprint density at radius 2 is 1.61 bits per heavy atom. The minimum atomic E-state index is -4.47. The van der Waals surface area contributed by atoms with Crippen molar-refractivity contribution < 1.29 is 28.5 Å². The SMILES string of the molecule is CC(CNc1nc(Nc2ccc(C(F)(F)F)cc2)c2cnn(C(O)(O)O)c2n1)c1ccccc1.CN. The Hall–Kier alpha value is -3.78. The molecular formula is C23H26F3N7O3. The van der Waals surface area contributed by atoms with Crippen LogP contribution in [0.2, 0.25) is 0 Å². The molecule has 0 saturated heterocycles. The number of nitrogens with two attached hydrogens (primary N) is 1. The number of alkyl halides is 3. The van der Waals surface area contributed by atoms with Gasteiger partial charge in [0.2, 0.25) is 5.95 Å². The second-order valence-electron chi connectivity index (χ2n) is 7.68. The van der Waals surface area contributed by atoms with Crippen LogP contribution in [0.4, 0.5) is 30.6 Å². The van der Waals surface area contributed by atoms with Crippen molar-refractivity contribution in [2.45, 2.75) is 25.1 Å². The van der Waals surface area contributed by atoms with E-state index in [1.54, 1.807) is 0 Å². The number of aliphatic hydroxyl groups is 3. The van der Waals surface area contributed by atoms with Crippen LogP contribution in [0.25, 0.3) is 11.0 Å². The molecule has 7 N–H and O–H groups in total. The largest absolute Gasteiger partial charge is 0.416 e. The first kappa shape index (κ1) is 26.8. The number of nitrogens with zero attached hydrogens (tertiary/aromatic N) is 4. The topological polar surface area (TPSA) is 154 Å². The first-order valence-corrected chi connectivity index (χ1v) is 10.8. The summed E-state index contributed by atoms with van der Waals surface area (Å²) in [6.07, 6.45) is -6.60. The van der Waals surface area contributed by atoms with Crippen molar-refractivity contribution in [3.63, 3.8) is 0 Å². The smallest absolute Gasteiger partial charge is 0.353 e. The van der Waals surface area contributed by atoms with Crippen LogP contribution in [-0.2, 0) is 12.3 Å². The minimum Gasteiger partial charge on any atom is -0.353 e. The molecule has 4 rings (SSSR count). The molecule has 4 aromatic rings. The molecule has 0 saturated carbocycles. The average molecular weight is 506 g/mol. The van der Waals surface area contributed by atoms with E-state index < -0.39 is 17.8 Å². The van der Waals surface area contributed by atoms with E-state index >= 15 is 0 Å². The van der Waals surface area contributed by atoms with E-state index in [2.05, 4.69) is 31.4 Å². The highest BCUT2D eigenvalue weighted by Crippen LogP contribution is 2.31. The van der Waals surface area contributed by atoms with Crippen LogP contribution in [-0.4, -0.2) is 48.7 Å². The molecule has 2 aromatic carbocycles. The van der Waals surface area contributed by atoms with Crippen LogP contribution in [0.15, 0.2) is 60.8 Å². The van der Waals surface area contributed by atoms with Crippen molar-refractivity contribution >= 4 is 28.5 Å². The van der Waals surface area contributed by atoms with E-state index in [0.717, 1.165) is 17.7 Å². The molecule has 1 unspecified atom stereocenters. The average Bonchev–Trinajstić information content (AvgIpc) is 3.29. The summed E-state index contributed by atoms with van der Waals surface area (Å²) < 4.78 is 39.1. The Kier molecular flexibility index (Phi) is 8.10. The van der Waals surface area contributed by atoms with Gasteiger partial charge in [0.25, 0.3) is 0 Å². The van der Waals surface area contributed by atoms with Crippen LogP contribution >= 0.6 is 0 Å². The normalized spacial score (nSPS) is 12.6. The summed E-state index contributed by atoms with van der Waals surface area (Å²) in [7, 11) is 1.50. The molecule has 0 amide bonds. The summed E-state index contributed by atoms with van der Waals surface area (Å²) in [5, 5.41) is 38.8. The predicted octanol–water partition coefficient (Wildman–Crippen LogP) is 2.92. The van der Waals surface area contributed by atoms with Crippen molar-refractivity contribution in [3.8, 4) is 0 Å². The van der Waals surface area contributed by atoms with Crippen molar-refractivity contribution in [2.24, 2.45) is 5.73 Å². The molecule has 192 valence electrons. The Bertz CT molecular complexity index is 1270. The minimum absolute atomic E-state index is 0.0735. The van der Waals surface area contributed by atoms with Gasteiger partial charge in [-0.1, -0.05) is 37.3 Å². The van der Waals surface area contributed by atoms with Crippen molar-refractivity contribution in [2.75, 3.05) is 24.2 Å². The van der Waals surface area contributed by atoms with Gasteiger partial charge in [-0.2, -0.15) is 32.9 Å². The number of anilines is 3. The molecule has 0 aliphatic carbocycles. The molecule has 2 aromatic heterocycles. The number of fused-ring (bicyclic) bond motifs is 1. The summed E-state index contributed by atoms with van der Waals surface area (Å²) in [6.45, 7) is 2.42. The third kappa shape index (κ3) is 6.26. The molecule has 1 atom stereocenters. The van der Waals surface area contributed by atoms with E-state index in [1.807, 2.05) is 37.3 Å². The highest BCUT2D eigenvalue weighted by molar-refractivity contribution is 5.89. The molecule has 0 spiro atoms. The maximum Gasteiger partial charge on any atom is 0.416 e. The van der Waals surface area contributed by atoms with Gasteiger partial charge in [0.15, 0.2) is 5.65 Å². The number of aromatic nitrogens is 4. The predicted molar refractivity (Wildman–Crippen MR) is 128 cm³/mol. The third-order valence-corrected chi connectivity index (χ3v) is 5.12. The molecule has 36 heavy (non-hydrogen) atoms. The van der Waals surface area contributed by atoms with E-state index in [1.165, 1.54) is 25.4 Å². The number of hydrogen-bond donors (Lipinski definition) is 6. The Labute approximate surface area is 204 Å². The second kappa shape index (κ2) is 10.9. The fourth-order valence-electron chi connectivity index (χ4n) is 3.33. The number of rotatable bonds is 7. The highest BCUT2D eigenvalue weighted by atomic mass is 19.4. The molecule has 2 heterocycles. The summed E-state index contributed by atoms with van der Waals surface area (Å²) >= 11 is 0. The molecule has 13 heteroatoms. The highest BCUT2D eigenvalue weighted by Gasteiger charge is 2.30. The first-order chi connectivity index (χ1) is 17.0. The lowest BCUT2D eigenvalue weighted by Crippen LogP contribution is -2.33. The van der Waals surface area contributed by atoms with E-state index in [0.29, 0.717) is 16.9 Å². The molecule has 10 nitrogen and oxygen atoms in total. The number of nitrogens with one attached hydrogen (secondary N) is 2. The zero-order valence-corrected chi connectivity index (χ0v) is 19.4. The van der Waals surface area contributed by atoms with Gasteiger partial charge in [0.05, 0.1) is 17.1 Å². The lowest BCUT2D eigenvalue weighted by Gasteiger charge is -2.17. The summed E-state index contributed by atoms with van der Waals surface area (Å²) in [4.78, 5) is 8.60. The van der Waals surface area contributed by atoms with Gasteiger partial charge in [0.1, 0.15) is 5.82 Å². The van der Waals surface area contributed by atoms with Crippen molar-refractivity contribution in [3.05, 3.63) is 71.9 Å². The molecular weight excluding hydrogens is 479 g/mol. The van der Waals surface area contributed by atoms with Crippen LogP contribution in [0.3, 0.4) is 0 Å². The summed E-state index contributed by atoms with van der Waals surface area (Å²) in [5.74, 6) is 0.287. The summed E-state index contributed by atoms with van der Waals surface area (Å²) in [6, 6.07) is 14.0. The Morgan fingerprint density at radius 3 is 2.19 bits per heavy atom. The Morgan fingerprint density at radius 1 is 0.972 bits per heavy atom. The zero-order chi connectivity index (χ0) is 26.5. The lowest BCUT2D eigenvalue weighted by atomic mass is 10.0. The van der Waals surface area contributed by atoms with Gasteiger partial charge in [-0.3, -0.25) is 0 Å². The van der Waals surface area contributed by atoms with Crippen LogP contribution in [0.5, 0.6) is 0 Å². The zero-order valence-electron chi connectivity index (χ0n) is 19.4. The lowest BCUT2D eigenvalue weighted by molar-refractivity contribution is -0.378. The fraction of sp³-hybridized carbons (Fsp3) is 0.261. The molecule has 0 aliphatic rings. The van der Waals surface area contributed by atoms with Crippen molar-refractivity contribution in [1.29, 1.82) is 0 Å². The molecule has 0 bridgehead atoms. The van der Waals surface area contributed by atoms with Gasteiger partial charge >= 0.3 is 12.3 Å². The number of benzene rings is 2. The maximum atomic E-state index is 12.9. The van der Waals surface area contributed by atoms with Gasteiger partial charge in [0, 0.05) is 12.2 Å². The number of halogens is 3.